The van der Waals surface area contributed by atoms with Gasteiger partial charge in [0.05, 0.1) is 20.3 Å². The van der Waals surface area contributed by atoms with Gasteiger partial charge in [-0.05, 0) is 17.7 Å². The van der Waals surface area contributed by atoms with Crippen molar-refractivity contribution in [1.82, 2.24) is 0 Å². The van der Waals surface area contributed by atoms with Crippen LogP contribution >= 0.6 is 0 Å². The number of hydrogen-bond acceptors (Lipinski definition) is 4. The summed E-state index contributed by atoms with van der Waals surface area (Å²) in [6.45, 7) is 0. The van der Waals surface area contributed by atoms with Gasteiger partial charge < -0.3 is 9.47 Å². The van der Waals surface area contributed by atoms with Crippen LogP contribution in [0.5, 0.6) is 11.5 Å². The summed E-state index contributed by atoms with van der Waals surface area (Å²) in [5.41, 5.74) is 1.06. The van der Waals surface area contributed by atoms with Crippen molar-refractivity contribution in [1.29, 1.82) is 5.26 Å². The number of nitrogens with zero attached hydrogens (tertiary/aromatic N) is 1. The highest BCUT2D eigenvalue weighted by Gasteiger charge is 2.22. The molecule has 4 nitrogen and oxygen atoms in total. The second-order valence-corrected chi connectivity index (χ2v) is 4.44. The number of Topliss-reactive ketones (excluding diaryl/α,β-unsaturated/α-hetero) is 1. The quantitative estimate of drug-likeness (QED) is 0.790. The molecule has 0 fully saturated rings. The minimum absolute atomic E-state index is 0.277. The molecule has 2 aromatic rings. The van der Waals surface area contributed by atoms with Crippen LogP contribution < -0.4 is 9.47 Å². The lowest BCUT2D eigenvalue weighted by Gasteiger charge is -2.11. The summed E-state index contributed by atoms with van der Waals surface area (Å²) < 4.78 is 10.3. The largest absolute Gasteiger partial charge is 0.497 e. The van der Waals surface area contributed by atoms with Crippen LogP contribution in [0.1, 0.15) is 21.8 Å². The number of ketones is 1. The number of rotatable bonds is 5. The van der Waals surface area contributed by atoms with E-state index >= 15 is 0 Å². The summed E-state index contributed by atoms with van der Waals surface area (Å²) in [5.74, 6) is -0.0891. The van der Waals surface area contributed by atoms with Crippen molar-refractivity contribution >= 4 is 5.78 Å². The van der Waals surface area contributed by atoms with E-state index < -0.39 is 5.92 Å². The van der Waals surface area contributed by atoms with E-state index in [0.717, 1.165) is 0 Å². The molecule has 0 aliphatic rings. The Morgan fingerprint density at radius 3 is 2.10 bits per heavy atom. The van der Waals surface area contributed by atoms with E-state index in [1.165, 1.54) is 14.2 Å². The summed E-state index contributed by atoms with van der Waals surface area (Å²) in [7, 11) is 3.03. The second kappa shape index (κ2) is 6.58. The molecule has 0 radical (unpaired) electrons. The van der Waals surface area contributed by atoms with Crippen LogP contribution in [0.25, 0.3) is 0 Å². The fraction of sp³-hybridized carbons (Fsp3) is 0.176. The Hall–Kier alpha value is -2.80. The Morgan fingerprint density at radius 1 is 1.05 bits per heavy atom. The Labute approximate surface area is 123 Å². The number of carbonyl (C=O) groups is 1. The van der Waals surface area contributed by atoms with Gasteiger partial charge in [0.2, 0.25) is 0 Å². The highest BCUT2D eigenvalue weighted by molar-refractivity contribution is 6.03. The average molecular weight is 281 g/mol. The van der Waals surface area contributed by atoms with Crippen LogP contribution in [-0.4, -0.2) is 20.0 Å². The maximum atomic E-state index is 12.6. The van der Waals surface area contributed by atoms with Gasteiger partial charge in [0.25, 0.3) is 0 Å². The molecule has 1 atom stereocenters. The summed E-state index contributed by atoms with van der Waals surface area (Å²) >= 11 is 0. The highest BCUT2D eigenvalue weighted by atomic mass is 16.5. The van der Waals surface area contributed by atoms with E-state index in [1.54, 1.807) is 42.5 Å². The molecule has 0 aromatic heterocycles. The Balaban J connectivity index is 2.41. The summed E-state index contributed by atoms with van der Waals surface area (Å²) in [5, 5.41) is 9.33. The molecule has 0 bridgehead atoms. The Morgan fingerprint density at radius 2 is 1.62 bits per heavy atom. The molecule has 0 saturated carbocycles. The van der Waals surface area contributed by atoms with Gasteiger partial charge in [0.1, 0.15) is 17.4 Å². The first-order valence-corrected chi connectivity index (χ1v) is 6.41. The first-order valence-electron chi connectivity index (χ1n) is 6.41. The third-order valence-electron chi connectivity index (χ3n) is 3.16. The first-order chi connectivity index (χ1) is 10.2. The van der Waals surface area contributed by atoms with Crippen LogP contribution in [0.15, 0.2) is 48.5 Å². The van der Waals surface area contributed by atoms with Gasteiger partial charge >= 0.3 is 0 Å². The van der Waals surface area contributed by atoms with Crippen LogP contribution in [0.3, 0.4) is 0 Å². The number of carbonyl (C=O) groups excluding carboxylic acids is 1. The predicted octanol–water partition coefficient (Wildman–Crippen LogP) is 3.19. The lowest BCUT2D eigenvalue weighted by Crippen LogP contribution is -2.11. The van der Waals surface area contributed by atoms with E-state index in [4.69, 9.17) is 9.47 Å². The van der Waals surface area contributed by atoms with Crippen molar-refractivity contribution in [2.45, 2.75) is 5.92 Å². The van der Waals surface area contributed by atoms with Crippen molar-refractivity contribution in [2.24, 2.45) is 0 Å². The molecular formula is C17H15NO3. The van der Waals surface area contributed by atoms with E-state index in [9.17, 15) is 10.1 Å². The van der Waals surface area contributed by atoms with Crippen LogP contribution in [-0.2, 0) is 0 Å². The van der Waals surface area contributed by atoms with Gasteiger partial charge in [-0.15, -0.1) is 0 Å². The molecular weight excluding hydrogens is 266 g/mol. The van der Waals surface area contributed by atoms with E-state index in [-0.39, 0.29) is 5.78 Å². The van der Waals surface area contributed by atoms with Crippen LogP contribution in [0.2, 0.25) is 0 Å². The van der Waals surface area contributed by atoms with E-state index in [2.05, 4.69) is 6.07 Å². The third-order valence-corrected chi connectivity index (χ3v) is 3.16. The van der Waals surface area contributed by atoms with Crippen molar-refractivity contribution in [2.75, 3.05) is 14.2 Å². The first kappa shape index (κ1) is 14.6. The molecule has 0 spiro atoms. The SMILES string of the molecule is COc1cc(OC)cc(C(=O)C(C#N)c2ccccc2)c1. The zero-order valence-electron chi connectivity index (χ0n) is 11.9. The maximum absolute atomic E-state index is 12.6. The van der Waals surface area contributed by atoms with Crippen LogP contribution in [0.4, 0.5) is 0 Å². The molecule has 2 aromatic carbocycles. The monoisotopic (exact) mass is 281 g/mol. The van der Waals surface area contributed by atoms with Crippen LogP contribution in [0, 0.1) is 11.3 Å². The predicted molar refractivity (Wildman–Crippen MR) is 78.7 cm³/mol. The van der Waals surface area contributed by atoms with Gasteiger partial charge in [-0.1, -0.05) is 30.3 Å². The zero-order valence-corrected chi connectivity index (χ0v) is 11.9. The molecule has 4 heteroatoms. The average Bonchev–Trinajstić information content (AvgIpc) is 2.55. The molecule has 0 amide bonds. The number of nitriles is 1. The second-order valence-electron chi connectivity index (χ2n) is 4.44. The number of benzene rings is 2. The van der Waals surface area contributed by atoms with Gasteiger partial charge in [-0.25, -0.2) is 0 Å². The number of ether oxygens (including phenoxy) is 2. The molecule has 0 aliphatic heterocycles. The molecule has 2 rings (SSSR count). The Bertz CT molecular complexity index is 652. The molecule has 0 N–H and O–H groups in total. The zero-order chi connectivity index (χ0) is 15.2. The van der Waals surface area contributed by atoms with Crippen molar-refractivity contribution in [3.8, 4) is 17.6 Å². The molecule has 0 aliphatic carbocycles. The lowest BCUT2D eigenvalue weighted by atomic mass is 9.92. The summed E-state index contributed by atoms with van der Waals surface area (Å²) in [6, 6.07) is 15.9. The summed E-state index contributed by atoms with van der Waals surface area (Å²) in [6.07, 6.45) is 0. The van der Waals surface area contributed by atoms with Gasteiger partial charge in [0.15, 0.2) is 5.78 Å². The van der Waals surface area contributed by atoms with E-state index in [0.29, 0.717) is 22.6 Å². The summed E-state index contributed by atoms with van der Waals surface area (Å²) in [4.78, 5) is 12.6. The van der Waals surface area contributed by atoms with E-state index in [1.807, 2.05) is 6.07 Å². The molecule has 106 valence electrons. The lowest BCUT2D eigenvalue weighted by molar-refractivity contribution is 0.0978. The van der Waals surface area contributed by atoms with Crippen molar-refractivity contribution < 1.29 is 14.3 Å². The number of hydrogen-bond donors (Lipinski definition) is 0. The van der Waals surface area contributed by atoms with Gasteiger partial charge in [-0.3, -0.25) is 4.79 Å². The smallest absolute Gasteiger partial charge is 0.184 e. The fourth-order valence-corrected chi connectivity index (χ4v) is 2.05. The molecule has 21 heavy (non-hydrogen) atoms. The van der Waals surface area contributed by atoms with Crippen molar-refractivity contribution in [3.05, 3.63) is 59.7 Å². The van der Waals surface area contributed by atoms with Crippen molar-refractivity contribution in [3.63, 3.8) is 0 Å². The third kappa shape index (κ3) is 3.21. The number of methoxy groups -OCH3 is 2. The Kier molecular flexibility index (Phi) is 4.57. The molecule has 1 unspecified atom stereocenters. The highest BCUT2D eigenvalue weighted by Crippen LogP contribution is 2.27. The maximum Gasteiger partial charge on any atom is 0.184 e. The molecule has 0 heterocycles. The minimum Gasteiger partial charge on any atom is -0.497 e. The fourth-order valence-electron chi connectivity index (χ4n) is 2.05. The van der Waals surface area contributed by atoms with Gasteiger partial charge in [0, 0.05) is 11.6 Å². The topological polar surface area (TPSA) is 59.3 Å². The van der Waals surface area contributed by atoms with Gasteiger partial charge in [-0.2, -0.15) is 5.26 Å². The normalized spacial score (nSPS) is 11.3. The standard InChI is InChI=1S/C17H15NO3/c1-20-14-8-13(9-15(10-14)21-2)17(19)16(11-18)12-6-4-3-5-7-12/h3-10,16H,1-2H3. The minimum atomic E-state index is -0.844. The molecule has 0 saturated heterocycles.